The normalized spacial score (nSPS) is 9.77. The average Bonchev–Trinajstić information content (AvgIpc) is 2.09. The lowest BCUT2D eigenvalue weighted by Crippen LogP contribution is -2.00. The Hall–Kier alpha value is -1.44. The Morgan fingerprint density at radius 3 is 2.38 bits per heavy atom. The highest BCUT2D eigenvalue weighted by Gasteiger charge is 2.07. The number of Topliss-reactive ketones (excluding diaryl/α,β-unsaturated/α-hetero) is 1. The maximum Gasteiger partial charge on any atom is 0.160 e. The molecule has 0 aliphatic rings. The van der Waals surface area contributed by atoms with E-state index in [2.05, 4.69) is 0 Å². The van der Waals surface area contributed by atoms with E-state index in [0.717, 1.165) is 17.4 Å². The van der Waals surface area contributed by atoms with Crippen LogP contribution >= 0.6 is 0 Å². The van der Waals surface area contributed by atoms with Crippen LogP contribution in [-0.4, -0.2) is 12.1 Å². The zero-order valence-electron chi connectivity index (χ0n) is 8.05. The molecule has 0 aromatic heterocycles. The fourth-order valence-electron chi connectivity index (χ4n) is 1.32. The first-order valence-corrected chi connectivity index (χ1v) is 4.13. The predicted octanol–water partition coefficient (Wildman–Crippen LogP) is 2.32. The van der Waals surface area contributed by atoms with Gasteiger partial charge in [-0.2, -0.15) is 0 Å². The van der Waals surface area contributed by atoms with Gasteiger partial charge >= 0.3 is 0 Å². The van der Waals surface area contributed by atoms with E-state index in [1.807, 2.05) is 13.8 Å². The summed E-state index contributed by atoms with van der Waals surface area (Å²) in [7, 11) is 0. The molecule has 0 spiro atoms. The second-order valence-corrected chi connectivity index (χ2v) is 3.18. The molecule has 2 heteroatoms. The molecule has 0 radical (unpaired) electrons. The highest BCUT2D eigenvalue weighted by molar-refractivity contribution is 5.97. The van der Waals surface area contributed by atoms with Crippen molar-refractivity contribution >= 4 is 12.1 Å². The molecule has 13 heavy (non-hydrogen) atoms. The minimum atomic E-state index is 0.00398. The van der Waals surface area contributed by atoms with E-state index in [-0.39, 0.29) is 5.78 Å². The maximum atomic E-state index is 11.2. The van der Waals surface area contributed by atoms with Crippen LogP contribution in [0.2, 0.25) is 0 Å². The topological polar surface area (TPSA) is 34.1 Å². The summed E-state index contributed by atoms with van der Waals surface area (Å²) in [5.41, 5.74) is 3.14. The van der Waals surface area contributed by atoms with Crippen LogP contribution in [0.1, 0.15) is 38.8 Å². The Morgan fingerprint density at radius 1 is 1.31 bits per heavy atom. The lowest BCUT2D eigenvalue weighted by Gasteiger charge is -2.06. The molecule has 0 N–H and O–H groups in total. The van der Waals surface area contributed by atoms with Crippen molar-refractivity contribution < 1.29 is 9.59 Å². The number of hydrogen-bond acceptors (Lipinski definition) is 2. The molecule has 1 aromatic rings. The van der Waals surface area contributed by atoms with Crippen LogP contribution in [0.5, 0.6) is 0 Å². The van der Waals surface area contributed by atoms with Crippen molar-refractivity contribution in [2.75, 3.05) is 0 Å². The molecule has 0 saturated heterocycles. The SMILES string of the molecule is CC(=O)c1cc(C=O)cc(C)c1C. The zero-order chi connectivity index (χ0) is 10.0. The largest absolute Gasteiger partial charge is 0.298 e. The molecule has 1 aromatic carbocycles. The summed E-state index contributed by atoms with van der Waals surface area (Å²) >= 11 is 0. The first-order chi connectivity index (χ1) is 6.06. The Kier molecular flexibility index (Phi) is 2.61. The van der Waals surface area contributed by atoms with Crippen LogP contribution in [0.15, 0.2) is 12.1 Å². The molecule has 0 bridgehead atoms. The van der Waals surface area contributed by atoms with Gasteiger partial charge in [-0.15, -0.1) is 0 Å². The predicted molar refractivity (Wildman–Crippen MR) is 51.3 cm³/mol. The second-order valence-electron chi connectivity index (χ2n) is 3.18. The summed E-state index contributed by atoms with van der Waals surface area (Å²) in [6.45, 7) is 5.30. The summed E-state index contributed by atoms with van der Waals surface area (Å²) in [6, 6.07) is 3.42. The third-order valence-electron chi connectivity index (χ3n) is 2.21. The van der Waals surface area contributed by atoms with E-state index in [9.17, 15) is 9.59 Å². The average molecular weight is 176 g/mol. The van der Waals surface area contributed by atoms with E-state index in [4.69, 9.17) is 0 Å². The molecule has 0 heterocycles. The van der Waals surface area contributed by atoms with Gasteiger partial charge in [0, 0.05) is 11.1 Å². The number of ketones is 1. The van der Waals surface area contributed by atoms with Crippen molar-refractivity contribution in [3.05, 3.63) is 34.4 Å². The Bertz CT molecular complexity index is 365. The van der Waals surface area contributed by atoms with Gasteiger partial charge in [0.2, 0.25) is 0 Å². The quantitative estimate of drug-likeness (QED) is 0.512. The van der Waals surface area contributed by atoms with Crippen molar-refractivity contribution in [3.8, 4) is 0 Å². The van der Waals surface area contributed by atoms with Gasteiger partial charge < -0.3 is 0 Å². The summed E-state index contributed by atoms with van der Waals surface area (Å²) in [5.74, 6) is 0.00398. The molecule has 2 nitrogen and oxygen atoms in total. The Balaban J connectivity index is 3.41. The Morgan fingerprint density at radius 2 is 1.92 bits per heavy atom. The second kappa shape index (κ2) is 3.52. The van der Waals surface area contributed by atoms with Gasteiger partial charge in [0.15, 0.2) is 5.78 Å². The van der Waals surface area contributed by atoms with Gasteiger partial charge in [0.05, 0.1) is 0 Å². The van der Waals surface area contributed by atoms with E-state index in [1.165, 1.54) is 6.92 Å². The number of hydrogen-bond donors (Lipinski definition) is 0. The van der Waals surface area contributed by atoms with Gasteiger partial charge in [-0.3, -0.25) is 9.59 Å². The lowest BCUT2D eigenvalue weighted by atomic mass is 9.98. The van der Waals surface area contributed by atoms with Crippen LogP contribution in [0.25, 0.3) is 0 Å². The number of aryl methyl sites for hydroxylation is 1. The lowest BCUT2D eigenvalue weighted by molar-refractivity contribution is 0.101. The van der Waals surface area contributed by atoms with Crippen LogP contribution in [0, 0.1) is 13.8 Å². The maximum absolute atomic E-state index is 11.2. The van der Waals surface area contributed by atoms with Crippen LogP contribution in [0.4, 0.5) is 0 Å². The molecule has 0 atom stereocenters. The smallest absolute Gasteiger partial charge is 0.160 e. The summed E-state index contributed by atoms with van der Waals surface area (Å²) < 4.78 is 0. The number of aldehydes is 1. The molecular formula is C11H12O2. The van der Waals surface area contributed by atoms with E-state index in [0.29, 0.717) is 11.1 Å². The standard InChI is InChI=1S/C11H12O2/c1-7-4-10(6-12)5-11(8(7)2)9(3)13/h4-6H,1-3H3. The molecule has 0 unspecified atom stereocenters. The molecule has 0 aliphatic carbocycles. The minimum absolute atomic E-state index is 0.00398. The number of carbonyl (C=O) groups is 2. The van der Waals surface area contributed by atoms with Gasteiger partial charge in [-0.05, 0) is 44.0 Å². The van der Waals surface area contributed by atoms with Gasteiger partial charge in [0.1, 0.15) is 6.29 Å². The molecule has 0 aliphatic heterocycles. The third kappa shape index (κ3) is 1.83. The van der Waals surface area contributed by atoms with Crippen LogP contribution < -0.4 is 0 Å². The molecular weight excluding hydrogens is 164 g/mol. The monoisotopic (exact) mass is 176 g/mol. The van der Waals surface area contributed by atoms with Crippen LogP contribution in [-0.2, 0) is 0 Å². The van der Waals surface area contributed by atoms with E-state index >= 15 is 0 Å². The molecule has 68 valence electrons. The molecule has 0 amide bonds. The molecule has 0 saturated carbocycles. The van der Waals surface area contributed by atoms with Crippen molar-refractivity contribution in [1.82, 2.24) is 0 Å². The van der Waals surface area contributed by atoms with Gasteiger partial charge in [0.25, 0.3) is 0 Å². The first kappa shape index (κ1) is 9.65. The third-order valence-corrected chi connectivity index (χ3v) is 2.21. The van der Waals surface area contributed by atoms with Crippen molar-refractivity contribution in [2.24, 2.45) is 0 Å². The minimum Gasteiger partial charge on any atom is -0.298 e. The summed E-state index contributed by atoms with van der Waals surface area (Å²) in [6.07, 6.45) is 0.763. The van der Waals surface area contributed by atoms with Crippen LogP contribution in [0.3, 0.4) is 0 Å². The number of carbonyl (C=O) groups excluding carboxylic acids is 2. The van der Waals surface area contributed by atoms with Crippen molar-refractivity contribution in [1.29, 1.82) is 0 Å². The summed E-state index contributed by atoms with van der Waals surface area (Å²) in [5, 5.41) is 0. The summed E-state index contributed by atoms with van der Waals surface area (Å²) in [4.78, 5) is 21.7. The molecule has 1 rings (SSSR count). The van der Waals surface area contributed by atoms with E-state index < -0.39 is 0 Å². The fourth-order valence-corrected chi connectivity index (χ4v) is 1.32. The van der Waals surface area contributed by atoms with Crippen molar-refractivity contribution in [3.63, 3.8) is 0 Å². The fraction of sp³-hybridized carbons (Fsp3) is 0.273. The first-order valence-electron chi connectivity index (χ1n) is 4.13. The zero-order valence-corrected chi connectivity index (χ0v) is 8.05. The van der Waals surface area contributed by atoms with E-state index in [1.54, 1.807) is 12.1 Å². The highest BCUT2D eigenvalue weighted by Crippen LogP contribution is 2.15. The number of rotatable bonds is 2. The van der Waals surface area contributed by atoms with Gasteiger partial charge in [-0.25, -0.2) is 0 Å². The number of benzene rings is 1. The van der Waals surface area contributed by atoms with Gasteiger partial charge in [-0.1, -0.05) is 0 Å². The highest BCUT2D eigenvalue weighted by atomic mass is 16.1. The Labute approximate surface area is 77.6 Å². The molecule has 0 fully saturated rings. The van der Waals surface area contributed by atoms with Crippen molar-refractivity contribution in [2.45, 2.75) is 20.8 Å².